The van der Waals surface area contributed by atoms with E-state index >= 15 is 0 Å². The van der Waals surface area contributed by atoms with Crippen LogP contribution in [-0.2, 0) is 11.3 Å². The second-order valence-corrected chi connectivity index (χ2v) is 7.60. The quantitative estimate of drug-likeness (QED) is 0.845. The molecule has 0 N–H and O–H groups in total. The van der Waals surface area contributed by atoms with E-state index < -0.39 is 0 Å². The summed E-state index contributed by atoms with van der Waals surface area (Å²) in [5, 5.41) is 1.29. The van der Waals surface area contributed by atoms with Crippen LogP contribution in [0.5, 0.6) is 0 Å². The Kier molecular flexibility index (Phi) is 4.07. The van der Waals surface area contributed by atoms with E-state index in [1.807, 2.05) is 0 Å². The van der Waals surface area contributed by atoms with Crippen LogP contribution in [0, 0.1) is 0 Å². The Bertz CT molecular complexity index is 709. The summed E-state index contributed by atoms with van der Waals surface area (Å²) in [5.74, 6) is 0.235. The normalized spacial score (nSPS) is 21.9. The largest absolute Gasteiger partial charge is 0.338 e. The van der Waals surface area contributed by atoms with Gasteiger partial charge in [0, 0.05) is 37.5 Å². The van der Waals surface area contributed by atoms with Gasteiger partial charge in [0.15, 0.2) is 0 Å². The SMILES string of the molecule is CC(=O)N(C[C@@H]1CCCN1Cc1nsc2ccccc12)C1CC1. The van der Waals surface area contributed by atoms with Crippen LogP contribution in [-0.4, -0.2) is 45.3 Å². The van der Waals surface area contributed by atoms with Gasteiger partial charge in [-0.25, -0.2) is 0 Å². The molecule has 122 valence electrons. The van der Waals surface area contributed by atoms with Crippen LogP contribution in [0.4, 0.5) is 0 Å². The van der Waals surface area contributed by atoms with Crippen molar-refractivity contribution >= 4 is 27.5 Å². The first-order chi connectivity index (χ1) is 11.2. The van der Waals surface area contributed by atoms with Gasteiger partial charge in [-0.2, -0.15) is 4.37 Å². The highest BCUT2D eigenvalue weighted by molar-refractivity contribution is 7.13. The Balaban J connectivity index is 1.48. The van der Waals surface area contributed by atoms with Crippen molar-refractivity contribution in [2.75, 3.05) is 13.1 Å². The van der Waals surface area contributed by atoms with E-state index in [1.165, 1.54) is 41.5 Å². The molecule has 1 aromatic heterocycles. The minimum atomic E-state index is 0.235. The number of hydrogen-bond donors (Lipinski definition) is 0. The number of likely N-dealkylation sites (tertiary alicyclic amines) is 1. The number of amides is 1. The Labute approximate surface area is 141 Å². The molecule has 1 amide bonds. The molecule has 2 aliphatic rings. The van der Waals surface area contributed by atoms with Crippen molar-refractivity contribution in [3.05, 3.63) is 30.0 Å². The molecule has 0 spiro atoms. The fraction of sp³-hybridized carbons (Fsp3) is 0.556. The fourth-order valence-electron chi connectivity index (χ4n) is 3.70. The third-order valence-corrected chi connectivity index (χ3v) is 5.97. The zero-order valence-electron chi connectivity index (χ0n) is 13.6. The van der Waals surface area contributed by atoms with Gasteiger partial charge in [0.05, 0.1) is 10.4 Å². The minimum Gasteiger partial charge on any atom is -0.338 e. The number of hydrogen-bond acceptors (Lipinski definition) is 4. The first-order valence-corrected chi connectivity index (χ1v) is 9.34. The number of rotatable bonds is 5. The van der Waals surface area contributed by atoms with Gasteiger partial charge >= 0.3 is 0 Å². The highest BCUT2D eigenvalue weighted by Gasteiger charge is 2.35. The summed E-state index contributed by atoms with van der Waals surface area (Å²) >= 11 is 1.59. The molecule has 2 heterocycles. The highest BCUT2D eigenvalue weighted by atomic mass is 32.1. The summed E-state index contributed by atoms with van der Waals surface area (Å²) in [4.78, 5) is 16.5. The standard InChI is InChI=1S/C18H23N3OS/c1-13(22)21(14-8-9-14)11-15-5-4-10-20(15)12-17-16-6-2-3-7-18(16)23-19-17/h2-3,6-7,14-15H,4-5,8-12H2,1H3/t15-/m0/s1. The molecule has 4 nitrogen and oxygen atoms in total. The lowest BCUT2D eigenvalue weighted by atomic mass is 10.1. The monoisotopic (exact) mass is 329 g/mol. The molecule has 2 aromatic rings. The third kappa shape index (κ3) is 3.12. The molecule has 0 radical (unpaired) electrons. The van der Waals surface area contributed by atoms with Gasteiger partial charge in [0.1, 0.15) is 0 Å². The van der Waals surface area contributed by atoms with Crippen molar-refractivity contribution in [2.45, 2.75) is 51.2 Å². The van der Waals surface area contributed by atoms with Crippen LogP contribution < -0.4 is 0 Å². The lowest BCUT2D eigenvalue weighted by Gasteiger charge is -2.30. The van der Waals surface area contributed by atoms with Crippen molar-refractivity contribution in [1.29, 1.82) is 0 Å². The number of carbonyl (C=O) groups is 1. The van der Waals surface area contributed by atoms with Gasteiger partial charge in [0.25, 0.3) is 0 Å². The van der Waals surface area contributed by atoms with Gasteiger partial charge < -0.3 is 4.90 Å². The average Bonchev–Trinajstić information content (AvgIpc) is 3.16. The lowest BCUT2D eigenvalue weighted by Crippen LogP contribution is -2.43. The maximum Gasteiger partial charge on any atom is 0.219 e. The molecule has 0 bridgehead atoms. The van der Waals surface area contributed by atoms with E-state index in [0.717, 1.165) is 19.6 Å². The topological polar surface area (TPSA) is 36.4 Å². The maximum atomic E-state index is 11.9. The molecule has 2 fully saturated rings. The smallest absolute Gasteiger partial charge is 0.219 e. The van der Waals surface area contributed by atoms with Crippen LogP contribution in [0.25, 0.3) is 10.1 Å². The molecule has 1 saturated heterocycles. The molecule has 1 aromatic carbocycles. The zero-order chi connectivity index (χ0) is 15.8. The molecule has 4 rings (SSSR count). The minimum absolute atomic E-state index is 0.235. The van der Waals surface area contributed by atoms with E-state index in [4.69, 9.17) is 0 Å². The van der Waals surface area contributed by atoms with E-state index in [0.29, 0.717) is 12.1 Å². The van der Waals surface area contributed by atoms with E-state index in [1.54, 1.807) is 18.5 Å². The van der Waals surface area contributed by atoms with Crippen molar-refractivity contribution in [3.8, 4) is 0 Å². The van der Waals surface area contributed by atoms with E-state index in [-0.39, 0.29) is 5.91 Å². The molecule has 1 saturated carbocycles. The van der Waals surface area contributed by atoms with Crippen LogP contribution in [0.3, 0.4) is 0 Å². The molecular formula is C18H23N3OS. The van der Waals surface area contributed by atoms with Crippen LogP contribution in [0.2, 0.25) is 0 Å². The van der Waals surface area contributed by atoms with Gasteiger partial charge in [-0.3, -0.25) is 9.69 Å². The number of nitrogens with zero attached hydrogens (tertiary/aromatic N) is 3. The summed E-state index contributed by atoms with van der Waals surface area (Å²) in [5.41, 5.74) is 1.19. The number of aromatic nitrogens is 1. The van der Waals surface area contributed by atoms with Crippen molar-refractivity contribution in [2.24, 2.45) is 0 Å². The van der Waals surface area contributed by atoms with Crippen LogP contribution >= 0.6 is 11.5 Å². The summed E-state index contributed by atoms with van der Waals surface area (Å²) in [6.45, 7) is 4.63. The van der Waals surface area contributed by atoms with E-state index in [9.17, 15) is 4.79 Å². The highest BCUT2D eigenvalue weighted by Crippen LogP contribution is 2.30. The lowest BCUT2D eigenvalue weighted by molar-refractivity contribution is -0.130. The van der Waals surface area contributed by atoms with Crippen molar-refractivity contribution in [3.63, 3.8) is 0 Å². The van der Waals surface area contributed by atoms with Gasteiger partial charge in [-0.15, -0.1) is 0 Å². The predicted molar refractivity (Wildman–Crippen MR) is 93.5 cm³/mol. The van der Waals surface area contributed by atoms with Gasteiger partial charge in [0.2, 0.25) is 5.91 Å². The molecular weight excluding hydrogens is 306 g/mol. The van der Waals surface area contributed by atoms with Crippen molar-refractivity contribution in [1.82, 2.24) is 14.2 Å². The molecule has 1 aliphatic carbocycles. The molecule has 5 heteroatoms. The summed E-state index contributed by atoms with van der Waals surface area (Å²) < 4.78 is 5.94. The number of carbonyl (C=O) groups excluding carboxylic acids is 1. The van der Waals surface area contributed by atoms with Crippen molar-refractivity contribution < 1.29 is 4.79 Å². The molecule has 23 heavy (non-hydrogen) atoms. The summed E-state index contributed by atoms with van der Waals surface area (Å²) in [7, 11) is 0. The Morgan fingerprint density at radius 3 is 2.96 bits per heavy atom. The third-order valence-electron chi connectivity index (χ3n) is 5.10. The fourth-order valence-corrected chi connectivity index (χ4v) is 4.49. The van der Waals surface area contributed by atoms with Gasteiger partial charge in [-0.05, 0) is 49.8 Å². The average molecular weight is 329 g/mol. The van der Waals surface area contributed by atoms with E-state index in [2.05, 4.69) is 38.4 Å². The Morgan fingerprint density at radius 2 is 2.17 bits per heavy atom. The zero-order valence-corrected chi connectivity index (χ0v) is 14.4. The number of fused-ring (bicyclic) bond motifs is 1. The summed E-state index contributed by atoms with van der Waals surface area (Å²) in [6, 6.07) is 9.47. The second kappa shape index (κ2) is 6.21. The maximum absolute atomic E-state index is 11.9. The summed E-state index contributed by atoms with van der Waals surface area (Å²) in [6.07, 6.45) is 4.79. The molecule has 0 unspecified atom stereocenters. The Hall–Kier alpha value is -1.46. The first kappa shape index (κ1) is 15.1. The van der Waals surface area contributed by atoms with Crippen LogP contribution in [0.15, 0.2) is 24.3 Å². The molecule has 1 atom stereocenters. The van der Waals surface area contributed by atoms with Gasteiger partial charge in [-0.1, -0.05) is 18.2 Å². The first-order valence-electron chi connectivity index (χ1n) is 8.57. The second-order valence-electron chi connectivity index (χ2n) is 6.79. The van der Waals surface area contributed by atoms with Crippen LogP contribution in [0.1, 0.15) is 38.3 Å². The predicted octanol–water partition coefficient (Wildman–Crippen LogP) is 3.27. The molecule has 1 aliphatic heterocycles. The Morgan fingerprint density at radius 1 is 1.35 bits per heavy atom. The number of benzene rings is 1.